The van der Waals surface area contributed by atoms with Crippen LogP contribution in [-0.4, -0.2) is 54.6 Å². The summed E-state index contributed by atoms with van der Waals surface area (Å²) in [6, 6.07) is 0. The van der Waals surface area contributed by atoms with Gasteiger partial charge in [-0.25, -0.2) is 0 Å². The predicted molar refractivity (Wildman–Crippen MR) is 84.7 cm³/mol. The highest BCUT2D eigenvalue weighted by molar-refractivity contribution is 5.07. The number of nitrogens with zero attached hydrogens (tertiary/aromatic N) is 2. The molecule has 2 saturated carbocycles. The molecule has 3 rings (SSSR count). The van der Waals surface area contributed by atoms with Gasteiger partial charge < -0.3 is 10.6 Å². The Labute approximate surface area is 124 Å². The van der Waals surface area contributed by atoms with Crippen LogP contribution < -0.4 is 5.73 Å². The number of rotatable bonds is 4. The van der Waals surface area contributed by atoms with Gasteiger partial charge in [-0.2, -0.15) is 0 Å². The number of piperazine rings is 1. The van der Waals surface area contributed by atoms with Crippen LogP contribution in [0.5, 0.6) is 0 Å². The molecule has 1 saturated heterocycles. The summed E-state index contributed by atoms with van der Waals surface area (Å²) in [6.07, 6.45) is 5.54. The Morgan fingerprint density at radius 3 is 2.20 bits per heavy atom. The van der Waals surface area contributed by atoms with Crippen LogP contribution in [0.15, 0.2) is 0 Å². The van der Waals surface area contributed by atoms with Gasteiger partial charge in [0.05, 0.1) is 0 Å². The van der Waals surface area contributed by atoms with E-state index in [0.29, 0.717) is 5.41 Å². The molecule has 0 radical (unpaired) electrons. The zero-order chi connectivity index (χ0) is 14.4. The summed E-state index contributed by atoms with van der Waals surface area (Å²) in [4.78, 5) is 5.43. The van der Waals surface area contributed by atoms with Crippen LogP contribution in [-0.2, 0) is 0 Å². The van der Waals surface area contributed by atoms with Gasteiger partial charge in [0.1, 0.15) is 0 Å². The van der Waals surface area contributed by atoms with Crippen molar-refractivity contribution < 1.29 is 0 Å². The van der Waals surface area contributed by atoms with E-state index >= 15 is 0 Å². The maximum atomic E-state index is 6.28. The summed E-state index contributed by atoms with van der Waals surface area (Å²) in [7, 11) is 0. The lowest BCUT2D eigenvalue weighted by atomic mass is 9.84. The lowest BCUT2D eigenvalue weighted by molar-refractivity contribution is 0.0121. The minimum absolute atomic E-state index is 0.273. The lowest BCUT2D eigenvalue weighted by Gasteiger charge is -2.48. The summed E-state index contributed by atoms with van der Waals surface area (Å²) in [6.45, 7) is 14.4. The van der Waals surface area contributed by atoms with Crippen LogP contribution in [0.3, 0.4) is 0 Å². The average Bonchev–Trinajstić information content (AvgIpc) is 3.16. The molecule has 3 fully saturated rings. The van der Waals surface area contributed by atoms with E-state index in [1.54, 1.807) is 0 Å². The van der Waals surface area contributed by atoms with Crippen LogP contribution in [0.1, 0.15) is 46.5 Å². The Hall–Kier alpha value is -0.120. The topological polar surface area (TPSA) is 32.5 Å². The smallest absolute Gasteiger partial charge is 0.0363 e. The van der Waals surface area contributed by atoms with E-state index in [2.05, 4.69) is 30.6 Å². The molecule has 1 heterocycles. The molecule has 0 amide bonds. The van der Waals surface area contributed by atoms with Crippen LogP contribution in [0.2, 0.25) is 0 Å². The fraction of sp³-hybridized carbons (Fsp3) is 1.00. The molecule has 3 heteroatoms. The van der Waals surface area contributed by atoms with Gasteiger partial charge in [0.2, 0.25) is 0 Å². The second-order valence-corrected chi connectivity index (χ2v) is 8.48. The van der Waals surface area contributed by atoms with E-state index in [-0.39, 0.29) is 5.54 Å². The highest BCUT2D eigenvalue weighted by atomic mass is 15.3. The zero-order valence-corrected chi connectivity index (χ0v) is 13.7. The van der Waals surface area contributed by atoms with E-state index in [4.69, 9.17) is 5.73 Å². The van der Waals surface area contributed by atoms with Gasteiger partial charge in [-0.15, -0.1) is 0 Å². The van der Waals surface area contributed by atoms with Crippen LogP contribution >= 0.6 is 0 Å². The molecule has 2 unspecified atom stereocenters. The molecule has 0 aromatic rings. The van der Waals surface area contributed by atoms with E-state index < -0.39 is 0 Å². The minimum atomic E-state index is 0.273. The third-order valence-electron chi connectivity index (χ3n) is 6.13. The normalized spacial score (nSPS) is 39.3. The summed E-state index contributed by atoms with van der Waals surface area (Å²) in [5.41, 5.74) is 7.02. The van der Waals surface area contributed by atoms with Gasteiger partial charge >= 0.3 is 0 Å². The maximum absolute atomic E-state index is 6.28. The number of hydrogen-bond donors (Lipinski definition) is 1. The van der Waals surface area contributed by atoms with Crippen molar-refractivity contribution in [2.24, 2.45) is 23.0 Å². The van der Waals surface area contributed by atoms with Crippen molar-refractivity contribution in [2.45, 2.75) is 52.0 Å². The van der Waals surface area contributed by atoms with Gasteiger partial charge in [-0.1, -0.05) is 20.8 Å². The first kappa shape index (κ1) is 14.8. The van der Waals surface area contributed by atoms with Crippen molar-refractivity contribution in [2.75, 3.05) is 39.3 Å². The second-order valence-electron chi connectivity index (χ2n) is 8.48. The SMILES string of the molecule is CC1CC(C)(C)CC1(CN)N1CCN(CC2CC2)CC1. The molecular weight excluding hydrogens is 246 g/mol. The predicted octanol–water partition coefficient (Wildman–Crippen LogP) is 2.17. The molecule has 2 N–H and O–H groups in total. The third-order valence-corrected chi connectivity index (χ3v) is 6.13. The molecule has 0 bridgehead atoms. The van der Waals surface area contributed by atoms with E-state index in [9.17, 15) is 0 Å². The molecule has 0 aromatic heterocycles. The van der Waals surface area contributed by atoms with Crippen molar-refractivity contribution in [1.29, 1.82) is 0 Å². The van der Waals surface area contributed by atoms with Gasteiger partial charge in [0, 0.05) is 44.8 Å². The maximum Gasteiger partial charge on any atom is 0.0363 e. The van der Waals surface area contributed by atoms with Gasteiger partial charge in [-0.3, -0.25) is 4.90 Å². The second kappa shape index (κ2) is 5.26. The molecule has 2 aliphatic carbocycles. The first-order valence-electron chi connectivity index (χ1n) is 8.63. The fourth-order valence-electron chi connectivity index (χ4n) is 4.96. The van der Waals surface area contributed by atoms with Crippen molar-refractivity contribution in [1.82, 2.24) is 9.80 Å². The summed E-state index contributed by atoms with van der Waals surface area (Å²) in [5, 5.41) is 0. The number of nitrogens with two attached hydrogens (primary N) is 1. The Morgan fingerprint density at radius 1 is 1.10 bits per heavy atom. The molecule has 2 atom stereocenters. The largest absolute Gasteiger partial charge is 0.329 e. The van der Waals surface area contributed by atoms with E-state index in [1.807, 2.05) is 0 Å². The standard InChI is InChI=1S/C17H33N3/c1-14-10-16(2,3)12-17(14,13-18)20-8-6-19(7-9-20)11-15-4-5-15/h14-15H,4-13,18H2,1-3H3. The highest BCUT2D eigenvalue weighted by Crippen LogP contribution is 2.50. The fourth-order valence-corrected chi connectivity index (χ4v) is 4.96. The Bertz CT molecular complexity index is 342. The monoisotopic (exact) mass is 279 g/mol. The molecule has 0 spiro atoms. The quantitative estimate of drug-likeness (QED) is 0.856. The molecular formula is C17H33N3. The summed E-state index contributed by atoms with van der Waals surface area (Å²) >= 11 is 0. The minimum Gasteiger partial charge on any atom is -0.329 e. The van der Waals surface area contributed by atoms with Crippen molar-refractivity contribution in [3.05, 3.63) is 0 Å². The van der Waals surface area contributed by atoms with Gasteiger partial charge in [0.15, 0.2) is 0 Å². The van der Waals surface area contributed by atoms with Crippen molar-refractivity contribution >= 4 is 0 Å². The average molecular weight is 279 g/mol. The first-order chi connectivity index (χ1) is 9.45. The van der Waals surface area contributed by atoms with Crippen LogP contribution in [0.4, 0.5) is 0 Å². The van der Waals surface area contributed by atoms with E-state index in [0.717, 1.165) is 18.4 Å². The van der Waals surface area contributed by atoms with E-state index in [1.165, 1.54) is 58.4 Å². The molecule has 1 aliphatic heterocycles. The zero-order valence-electron chi connectivity index (χ0n) is 13.7. The Kier molecular flexibility index (Phi) is 3.89. The summed E-state index contributed by atoms with van der Waals surface area (Å²) in [5.74, 6) is 1.76. The third kappa shape index (κ3) is 2.77. The molecule has 20 heavy (non-hydrogen) atoms. The molecule has 3 nitrogen and oxygen atoms in total. The molecule has 116 valence electrons. The van der Waals surface area contributed by atoms with Crippen LogP contribution in [0, 0.1) is 17.3 Å². The van der Waals surface area contributed by atoms with Gasteiger partial charge in [-0.05, 0) is 42.9 Å². The Balaban J connectivity index is 1.62. The Morgan fingerprint density at radius 2 is 1.75 bits per heavy atom. The highest BCUT2D eigenvalue weighted by Gasteiger charge is 2.51. The first-order valence-corrected chi connectivity index (χ1v) is 8.63. The van der Waals surface area contributed by atoms with Gasteiger partial charge in [0.25, 0.3) is 0 Å². The number of hydrogen-bond acceptors (Lipinski definition) is 3. The summed E-state index contributed by atoms with van der Waals surface area (Å²) < 4.78 is 0. The van der Waals surface area contributed by atoms with Crippen molar-refractivity contribution in [3.8, 4) is 0 Å². The molecule has 0 aromatic carbocycles. The molecule has 3 aliphatic rings. The van der Waals surface area contributed by atoms with Crippen molar-refractivity contribution in [3.63, 3.8) is 0 Å². The van der Waals surface area contributed by atoms with Crippen LogP contribution in [0.25, 0.3) is 0 Å². The lowest BCUT2D eigenvalue weighted by Crippen LogP contribution is -2.61.